The maximum Gasteiger partial charge on any atom is 0.263 e. The van der Waals surface area contributed by atoms with Crippen LogP contribution in [0.4, 0.5) is 0 Å². The molecule has 0 aromatic heterocycles. The van der Waals surface area contributed by atoms with Gasteiger partial charge in [-0.05, 0) is 43.4 Å². The molecule has 0 spiro atoms. The van der Waals surface area contributed by atoms with Crippen LogP contribution in [0.25, 0.3) is 16.8 Å². The second-order valence-electron chi connectivity index (χ2n) is 6.66. The van der Waals surface area contributed by atoms with Crippen molar-refractivity contribution in [1.82, 2.24) is 10.9 Å². The van der Waals surface area contributed by atoms with Crippen LogP contribution in [0.1, 0.15) is 39.2 Å². The van der Waals surface area contributed by atoms with Crippen LogP contribution in [-0.4, -0.2) is 18.1 Å². The Labute approximate surface area is 142 Å². The first-order valence-electron chi connectivity index (χ1n) is 8.47. The van der Waals surface area contributed by atoms with Crippen LogP contribution in [0.2, 0.25) is 0 Å². The Hall–Kier alpha value is -2.33. The molecule has 4 nitrogen and oxygen atoms in total. The molecule has 0 unspecified atom stereocenters. The summed E-state index contributed by atoms with van der Waals surface area (Å²) >= 11 is 0. The van der Waals surface area contributed by atoms with Crippen LogP contribution in [0.3, 0.4) is 0 Å². The molecule has 1 saturated heterocycles. The van der Waals surface area contributed by atoms with Crippen molar-refractivity contribution in [2.75, 3.05) is 6.61 Å². The second-order valence-corrected chi connectivity index (χ2v) is 6.66. The average Bonchev–Trinajstić information content (AvgIpc) is 2.83. The zero-order valence-electron chi connectivity index (χ0n) is 14.5. The SMILES string of the molecule is CCCCOc1ccc(/C=C2\C(=O)NNC2(C)C)c2ccccc12. The van der Waals surface area contributed by atoms with Gasteiger partial charge < -0.3 is 4.74 Å². The zero-order chi connectivity index (χ0) is 17.2. The number of benzene rings is 2. The number of hydrazine groups is 1. The van der Waals surface area contributed by atoms with Gasteiger partial charge in [0.05, 0.1) is 12.1 Å². The van der Waals surface area contributed by atoms with Crippen molar-refractivity contribution < 1.29 is 9.53 Å². The van der Waals surface area contributed by atoms with Gasteiger partial charge in [-0.15, -0.1) is 0 Å². The summed E-state index contributed by atoms with van der Waals surface area (Å²) in [6, 6.07) is 12.2. The van der Waals surface area contributed by atoms with Gasteiger partial charge in [-0.25, -0.2) is 5.43 Å². The summed E-state index contributed by atoms with van der Waals surface area (Å²) in [5.41, 5.74) is 7.07. The summed E-state index contributed by atoms with van der Waals surface area (Å²) < 4.78 is 5.93. The molecule has 0 aliphatic carbocycles. The summed E-state index contributed by atoms with van der Waals surface area (Å²) in [5.74, 6) is 0.821. The molecule has 24 heavy (non-hydrogen) atoms. The van der Waals surface area contributed by atoms with Crippen molar-refractivity contribution in [1.29, 1.82) is 0 Å². The topological polar surface area (TPSA) is 50.4 Å². The Kier molecular flexibility index (Phi) is 4.58. The smallest absolute Gasteiger partial charge is 0.263 e. The lowest BCUT2D eigenvalue weighted by molar-refractivity contribution is -0.116. The number of carbonyl (C=O) groups excluding carboxylic acids is 1. The number of rotatable bonds is 5. The second kappa shape index (κ2) is 6.65. The first-order valence-corrected chi connectivity index (χ1v) is 8.47. The summed E-state index contributed by atoms with van der Waals surface area (Å²) in [6.45, 7) is 6.85. The minimum atomic E-state index is -0.394. The van der Waals surface area contributed by atoms with E-state index in [1.807, 2.05) is 44.2 Å². The molecule has 2 N–H and O–H groups in total. The Morgan fingerprint density at radius 3 is 2.54 bits per heavy atom. The predicted molar refractivity (Wildman–Crippen MR) is 97.7 cm³/mol. The Morgan fingerprint density at radius 1 is 1.12 bits per heavy atom. The molecular formula is C20H24N2O2. The number of hydrogen-bond donors (Lipinski definition) is 2. The fraction of sp³-hybridized carbons (Fsp3) is 0.350. The number of ether oxygens (including phenoxy) is 1. The monoisotopic (exact) mass is 324 g/mol. The van der Waals surface area contributed by atoms with E-state index in [9.17, 15) is 4.79 Å². The highest BCUT2D eigenvalue weighted by molar-refractivity contribution is 6.04. The van der Waals surface area contributed by atoms with Crippen molar-refractivity contribution in [2.45, 2.75) is 39.2 Å². The molecule has 0 atom stereocenters. The number of nitrogens with one attached hydrogen (secondary N) is 2. The molecule has 2 aromatic carbocycles. The van der Waals surface area contributed by atoms with Crippen LogP contribution >= 0.6 is 0 Å². The Balaban J connectivity index is 2.04. The lowest BCUT2D eigenvalue weighted by atomic mass is 9.92. The molecule has 0 bridgehead atoms. The van der Waals surface area contributed by atoms with Crippen molar-refractivity contribution >= 4 is 22.8 Å². The molecule has 3 rings (SSSR count). The first-order chi connectivity index (χ1) is 11.5. The maximum absolute atomic E-state index is 12.1. The molecule has 1 heterocycles. The van der Waals surface area contributed by atoms with E-state index in [0.717, 1.165) is 47.1 Å². The van der Waals surface area contributed by atoms with Gasteiger partial charge in [0.1, 0.15) is 5.75 Å². The third-order valence-corrected chi connectivity index (χ3v) is 4.38. The van der Waals surface area contributed by atoms with Crippen LogP contribution in [0.5, 0.6) is 5.75 Å². The van der Waals surface area contributed by atoms with Crippen LogP contribution < -0.4 is 15.6 Å². The van der Waals surface area contributed by atoms with E-state index < -0.39 is 5.54 Å². The van der Waals surface area contributed by atoms with Crippen LogP contribution in [-0.2, 0) is 4.79 Å². The average molecular weight is 324 g/mol. The molecule has 1 amide bonds. The van der Waals surface area contributed by atoms with Gasteiger partial charge in [-0.2, -0.15) is 0 Å². The minimum absolute atomic E-state index is 0.0765. The standard InChI is InChI=1S/C20H24N2O2/c1-4-5-12-24-18-11-10-14(15-8-6-7-9-16(15)18)13-17-19(23)21-22-20(17,2)3/h6-11,13,22H,4-5,12H2,1-3H3,(H,21,23)/b17-13+. The highest BCUT2D eigenvalue weighted by Crippen LogP contribution is 2.32. The number of unbranched alkanes of at least 4 members (excludes halogenated alkanes) is 1. The van der Waals surface area contributed by atoms with E-state index in [1.165, 1.54) is 0 Å². The van der Waals surface area contributed by atoms with E-state index in [-0.39, 0.29) is 5.91 Å². The van der Waals surface area contributed by atoms with Gasteiger partial charge in [0, 0.05) is 11.0 Å². The van der Waals surface area contributed by atoms with Crippen molar-refractivity contribution in [3.63, 3.8) is 0 Å². The van der Waals surface area contributed by atoms with Gasteiger partial charge in [-0.1, -0.05) is 43.7 Å². The quantitative estimate of drug-likeness (QED) is 0.649. The predicted octanol–water partition coefficient (Wildman–Crippen LogP) is 3.82. The molecule has 2 aromatic rings. The van der Waals surface area contributed by atoms with Gasteiger partial charge in [0.15, 0.2) is 0 Å². The summed E-state index contributed by atoms with van der Waals surface area (Å²) in [5, 5.41) is 2.17. The molecule has 0 saturated carbocycles. The van der Waals surface area contributed by atoms with Crippen molar-refractivity contribution in [3.8, 4) is 5.75 Å². The van der Waals surface area contributed by atoms with Crippen molar-refractivity contribution in [3.05, 3.63) is 47.5 Å². The van der Waals surface area contributed by atoms with Crippen LogP contribution in [0, 0.1) is 0 Å². The van der Waals surface area contributed by atoms with E-state index in [0.29, 0.717) is 0 Å². The molecular weight excluding hydrogens is 300 g/mol. The lowest BCUT2D eigenvalue weighted by Crippen LogP contribution is -2.38. The van der Waals surface area contributed by atoms with Gasteiger partial charge in [0.25, 0.3) is 5.91 Å². The molecule has 4 heteroatoms. The Morgan fingerprint density at radius 2 is 1.88 bits per heavy atom. The van der Waals surface area contributed by atoms with Crippen LogP contribution in [0.15, 0.2) is 42.0 Å². The molecule has 126 valence electrons. The van der Waals surface area contributed by atoms with E-state index >= 15 is 0 Å². The third-order valence-electron chi connectivity index (χ3n) is 4.38. The number of fused-ring (bicyclic) bond motifs is 1. The van der Waals surface area contributed by atoms with Crippen molar-refractivity contribution in [2.24, 2.45) is 0 Å². The molecule has 1 aliphatic heterocycles. The fourth-order valence-corrected chi connectivity index (χ4v) is 2.91. The highest BCUT2D eigenvalue weighted by Gasteiger charge is 2.35. The largest absolute Gasteiger partial charge is 0.493 e. The van der Waals surface area contributed by atoms with E-state index in [2.05, 4.69) is 29.9 Å². The van der Waals surface area contributed by atoms with E-state index in [1.54, 1.807) is 0 Å². The van der Waals surface area contributed by atoms with Gasteiger partial charge in [-0.3, -0.25) is 10.2 Å². The molecule has 0 radical (unpaired) electrons. The van der Waals surface area contributed by atoms with Gasteiger partial charge in [0.2, 0.25) is 0 Å². The number of carbonyl (C=O) groups is 1. The highest BCUT2D eigenvalue weighted by atomic mass is 16.5. The Bertz CT molecular complexity index is 793. The maximum atomic E-state index is 12.1. The summed E-state index contributed by atoms with van der Waals surface area (Å²) in [4.78, 5) is 12.1. The normalized spacial score (nSPS) is 18.1. The zero-order valence-corrected chi connectivity index (χ0v) is 14.5. The fourth-order valence-electron chi connectivity index (χ4n) is 2.91. The van der Waals surface area contributed by atoms with Gasteiger partial charge >= 0.3 is 0 Å². The molecule has 1 aliphatic rings. The third kappa shape index (κ3) is 3.15. The first kappa shape index (κ1) is 16.5. The van der Waals surface area contributed by atoms with E-state index in [4.69, 9.17) is 4.74 Å². The number of amides is 1. The summed E-state index contributed by atoms with van der Waals surface area (Å²) in [7, 11) is 0. The lowest BCUT2D eigenvalue weighted by Gasteiger charge is -2.17. The minimum Gasteiger partial charge on any atom is -0.493 e. The summed E-state index contributed by atoms with van der Waals surface area (Å²) in [6.07, 6.45) is 4.12. The molecule has 1 fully saturated rings. The number of hydrogen-bond acceptors (Lipinski definition) is 3.